The van der Waals surface area contributed by atoms with Crippen molar-refractivity contribution >= 4 is 16.4 Å². The Morgan fingerprint density at radius 1 is 1.27 bits per heavy atom. The molecule has 2 heterocycles. The van der Waals surface area contributed by atoms with Gasteiger partial charge in [-0.15, -0.1) is 0 Å². The van der Waals surface area contributed by atoms with Gasteiger partial charge in [0.15, 0.2) is 0 Å². The molecule has 5 nitrogen and oxygen atoms in total. The molecule has 0 radical (unpaired) electrons. The summed E-state index contributed by atoms with van der Waals surface area (Å²) < 4.78 is 27.5. The number of hydrogen-bond acceptors (Lipinski definition) is 3. The van der Waals surface area contributed by atoms with Crippen molar-refractivity contribution in [3.05, 3.63) is 42.4 Å². The fraction of sp³-hybridized carbons (Fsp3) is 0.111. The van der Waals surface area contributed by atoms with Gasteiger partial charge < -0.3 is 0 Å². The summed E-state index contributed by atoms with van der Waals surface area (Å²) in [5.41, 5.74) is 0.871. The smallest absolute Gasteiger partial charge is 0.265 e. The molecule has 0 aliphatic carbocycles. The van der Waals surface area contributed by atoms with Crippen molar-refractivity contribution < 1.29 is 8.42 Å². The standard InChI is InChI=1S/C9H9N3O2S/c13-15(14)11-4-1-7-12(15)8-9-2-5-10-6-3-9/h1-7H,8H2. The molecule has 1 aromatic heterocycles. The third-order valence-corrected chi connectivity index (χ3v) is 3.15. The van der Waals surface area contributed by atoms with Crippen LogP contribution in [0.3, 0.4) is 0 Å². The highest BCUT2D eigenvalue weighted by molar-refractivity contribution is 7.88. The lowest BCUT2D eigenvalue weighted by molar-refractivity contribution is 0.496. The number of hydrogen-bond donors (Lipinski definition) is 0. The van der Waals surface area contributed by atoms with Gasteiger partial charge in [-0.3, -0.25) is 9.29 Å². The Morgan fingerprint density at radius 3 is 2.67 bits per heavy atom. The van der Waals surface area contributed by atoms with E-state index in [1.165, 1.54) is 16.7 Å². The van der Waals surface area contributed by atoms with E-state index >= 15 is 0 Å². The molecule has 2 rings (SSSR count). The van der Waals surface area contributed by atoms with Gasteiger partial charge in [0.2, 0.25) is 0 Å². The average molecular weight is 223 g/mol. The summed E-state index contributed by atoms with van der Waals surface area (Å²) in [6.07, 6.45) is 7.58. The summed E-state index contributed by atoms with van der Waals surface area (Å²) in [6, 6.07) is 3.53. The largest absolute Gasteiger partial charge is 0.344 e. The van der Waals surface area contributed by atoms with Crippen molar-refractivity contribution in [2.45, 2.75) is 6.54 Å². The fourth-order valence-electron chi connectivity index (χ4n) is 1.19. The molecule has 0 spiro atoms. The Hall–Kier alpha value is -1.69. The lowest BCUT2D eigenvalue weighted by Gasteiger charge is -2.18. The molecule has 1 aromatic rings. The average Bonchev–Trinajstić information content (AvgIpc) is 2.23. The molecular weight excluding hydrogens is 214 g/mol. The van der Waals surface area contributed by atoms with Crippen molar-refractivity contribution in [1.82, 2.24) is 9.29 Å². The predicted octanol–water partition coefficient (Wildman–Crippen LogP) is 0.727. The van der Waals surface area contributed by atoms with Crippen molar-refractivity contribution in [2.24, 2.45) is 4.40 Å². The van der Waals surface area contributed by atoms with Gasteiger partial charge in [0.05, 0.1) is 6.54 Å². The van der Waals surface area contributed by atoms with Gasteiger partial charge in [0, 0.05) is 24.8 Å². The highest BCUT2D eigenvalue weighted by Crippen LogP contribution is 2.12. The molecule has 0 saturated heterocycles. The lowest BCUT2D eigenvalue weighted by atomic mass is 10.3. The maximum absolute atomic E-state index is 11.4. The van der Waals surface area contributed by atoms with Gasteiger partial charge in [-0.2, -0.15) is 12.8 Å². The molecule has 15 heavy (non-hydrogen) atoms. The topological polar surface area (TPSA) is 62.6 Å². The van der Waals surface area contributed by atoms with E-state index in [1.54, 1.807) is 30.6 Å². The summed E-state index contributed by atoms with van der Waals surface area (Å²) in [7, 11) is -3.53. The van der Waals surface area contributed by atoms with Crippen LogP contribution in [0.1, 0.15) is 5.56 Å². The maximum Gasteiger partial charge on any atom is 0.344 e. The molecule has 0 fully saturated rings. The second kappa shape index (κ2) is 3.82. The van der Waals surface area contributed by atoms with Gasteiger partial charge in [0.25, 0.3) is 0 Å². The van der Waals surface area contributed by atoms with Gasteiger partial charge in [0.1, 0.15) is 0 Å². The number of pyridine rings is 1. The fourth-order valence-corrected chi connectivity index (χ4v) is 2.07. The van der Waals surface area contributed by atoms with Gasteiger partial charge >= 0.3 is 10.2 Å². The first-order valence-corrected chi connectivity index (χ1v) is 5.71. The first kappa shape index (κ1) is 9.85. The Morgan fingerprint density at radius 2 is 2.00 bits per heavy atom. The van der Waals surface area contributed by atoms with E-state index < -0.39 is 10.2 Å². The summed E-state index contributed by atoms with van der Waals surface area (Å²) >= 11 is 0. The molecule has 0 unspecified atom stereocenters. The molecule has 0 amide bonds. The molecule has 0 N–H and O–H groups in total. The van der Waals surface area contributed by atoms with Crippen LogP contribution in [0.5, 0.6) is 0 Å². The van der Waals surface area contributed by atoms with E-state index in [4.69, 9.17) is 0 Å². The van der Waals surface area contributed by atoms with Crippen molar-refractivity contribution in [1.29, 1.82) is 0 Å². The van der Waals surface area contributed by atoms with E-state index in [1.807, 2.05) is 0 Å². The van der Waals surface area contributed by atoms with E-state index in [-0.39, 0.29) is 6.54 Å². The predicted molar refractivity (Wildman–Crippen MR) is 56.3 cm³/mol. The van der Waals surface area contributed by atoms with Crippen molar-refractivity contribution in [3.63, 3.8) is 0 Å². The van der Waals surface area contributed by atoms with E-state index in [2.05, 4.69) is 9.38 Å². The zero-order valence-electron chi connectivity index (χ0n) is 7.81. The zero-order valence-corrected chi connectivity index (χ0v) is 8.63. The van der Waals surface area contributed by atoms with Crippen LogP contribution in [0.25, 0.3) is 0 Å². The molecule has 1 aliphatic rings. The zero-order chi connectivity index (χ0) is 10.7. The van der Waals surface area contributed by atoms with Crippen LogP contribution in [0.2, 0.25) is 0 Å². The highest BCUT2D eigenvalue weighted by atomic mass is 32.2. The van der Waals surface area contributed by atoms with Gasteiger partial charge in [-0.05, 0) is 23.8 Å². The van der Waals surface area contributed by atoms with Gasteiger partial charge in [-0.25, -0.2) is 0 Å². The number of rotatable bonds is 2. The van der Waals surface area contributed by atoms with Gasteiger partial charge in [-0.1, -0.05) is 0 Å². The van der Waals surface area contributed by atoms with Crippen LogP contribution in [0, 0.1) is 0 Å². The summed E-state index contributed by atoms with van der Waals surface area (Å²) in [6.45, 7) is 0.276. The Bertz CT molecular complexity index is 493. The third kappa shape index (κ3) is 2.21. The van der Waals surface area contributed by atoms with Crippen molar-refractivity contribution in [3.8, 4) is 0 Å². The molecule has 0 bridgehead atoms. The van der Waals surface area contributed by atoms with E-state index in [0.29, 0.717) is 0 Å². The quantitative estimate of drug-likeness (QED) is 0.742. The first-order valence-electron chi connectivity index (χ1n) is 4.31. The van der Waals surface area contributed by atoms with E-state index in [9.17, 15) is 8.42 Å². The minimum absolute atomic E-state index is 0.276. The normalized spacial score (nSPS) is 18.0. The molecule has 1 aliphatic heterocycles. The van der Waals surface area contributed by atoms with Crippen LogP contribution in [0.4, 0.5) is 0 Å². The van der Waals surface area contributed by atoms with Crippen LogP contribution < -0.4 is 0 Å². The Kier molecular flexibility index (Phi) is 2.51. The molecule has 0 aromatic carbocycles. The SMILES string of the molecule is O=S1(=O)N=CC=CN1Cc1ccncc1. The maximum atomic E-state index is 11.4. The number of aromatic nitrogens is 1. The molecule has 6 heteroatoms. The number of allylic oxidation sites excluding steroid dienone is 1. The molecule has 78 valence electrons. The Labute approximate surface area is 88.0 Å². The molecule has 0 atom stereocenters. The minimum atomic E-state index is -3.53. The highest BCUT2D eigenvalue weighted by Gasteiger charge is 2.18. The van der Waals surface area contributed by atoms with Crippen LogP contribution in [-0.2, 0) is 16.8 Å². The minimum Gasteiger partial charge on any atom is -0.265 e. The Balaban J connectivity index is 2.20. The van der Waals surface area contributed by atoms with Crippen LogP contribution in [-0.4, -0.2) is 23.9 Å². The van der Waals surface area contributed by atoms with E-state index in [0.717, 1.165) is 5.56 Å². The summed E-state index contributed by atoms with van der Waals surface area (Å²) in [4.78, 5) is 3.86. The van der Waals surface area contributed by atoms with Crippen LogP contribution >= 0.6 is 0 Å². The van der Waals surface area contributed by atoms with Crippen molar-refractivity contribution in [2.75, 3.05) is 0 Å². The molecular formula is C9H9N3O2S. The van der Waals surface area contributed by atoms with Crippen LogP contribution in [0.15, 0.2) is 41.2 Å². The summed E-state index contributed by atoms with van der Waals surface area (Å²) in [5.74, 6) is 0. The lowest BCUT2D eigenvalue weighted by Crippen LogP contribution is -2.25. The monoisotopic (exact) mass is 223 g/mol. The first-order chi connectivity index (χ1) is 7.18. The third-order valence-electron chi connectivity index (χ3n) is 1.92. The second-order valence-electron chi connectivity index (χ2n) is 2.97. The number of nitrogens with zero attached hydrogens (tertiary/aromatic N) is 3. The molecule has 0 saturated carbocycles. The second-order valence-corrected chi connectivity index (χ2v) is 4.55. The summed E-state index contributed by atoms with van der Waals surface area (Å²) in [5, 5.41) is 0.